The fourth-order valence-electron chi connectivity index (χ4n) is 1.62. The van der Waals surface area contributed by atoms with Gasteiger partial charge in [0.25, 0.3) is 0 Å². The Morgan fingerprint density at radius 1 is 1.61 bits per heavy atom. The van der Waals surface area contributed by atoms with Crippen molar-refractivity contribution in [3.63, 3.8) is 0 Å². The fourth-order valence-corrected chi connectivity index (χ4v) is 1.62. The molecule has 1 fully saturated rings. The zero-order valence-corrected chi connectivity index (χ0v) is 10.1. The van der Waals surface area contributed by atoms with Gasteiger partial charge >= 0.3 is 12.0 Å². The third kappa shape index (κ3) is 3.22. The van der Waals surface area contributed by atoms with E-state index in [1.807, 2.05) is 0 Å². The lowest BCUT2D eigenvalue weighted by molar-refractivity contribution is -0.139. The summed E-state index contributed by atoms with van der Waals surface area (Å²) >= 11 is 0. The highest BCUT2D eigenvalue weighted by atomic mass is 16.4. The van der Waals surface area contributed by atoms with E-state index in [0.29, 0.717) is 18.0 Å². The molecule has 7 nitrogen and oxygen atoms in total. The van der Waals surface area contributed by atoms with E-state index in [1.54, 1.807) is 13.2 Å². The number of carbonyl (C=O) groups is 2. The quantitative estimate of drug-likeness (QED) is 0.700. The first kappa shape index (κ1) is 12.4. The summed E-state index contributed by atoms with van der Waals surface area (Å²) in [5, 5.41) is 18.1. The van der Waals surface area contributed by atoms with E-state index in [1.165, 1.54) is 10.9 Å². The Morgan fingerprint density at radius 2 is 2.33 bits per heavy atom. The van der Waals surface area contributed by atoms with Gasteiger partial charge in [-0.05, 0) is 18.8 Å². The number of aromatic nitrogens is 2. The average Bonchev–Trinajstić information content (AvgIpc) is 3.05. The fraction of sp³-hybridized carbons (Fsp3) is 0.545. The van der Waals surface area contributed by atoms with Crippen molar-refractivity contribution in [3.8, 4) is 0 Å². The lowest BCUT2D eigenvalue weighted by Crippen LogP contribution is -2.41. The van der Waals surface area contributed by atoms with Gasteiger partial charge in [0, 0.05) is 25.4 Å². The molecule has 1 atom stereocenters. The molecule has 1 aliphatic carbocycles. The molecule has 2 rings (SSSR count). The van der Waals surface area contributed by atoms with Crippen LogP contribution in [-0.4, -0.2) is 33.4 Å². The van der Waals surface area contributed by atoms with Gasteiger partial charge in [-0.15, -0.1) is 0 Å². The van der Waals surface area contributed by atoms with Crippen LogP contribution < -0.4 is 10.6 Å². The van der Waals surface area contributed by atoms with Gasteiger partial charge in [-0.1, -0.05) is 0 Å². The Bertz CT molecular complexity index is 453. The summed E-state index contributed by atoms with van der Waals surface area (Å²) in [6, 6.07) is -1.53. The number of nitrogens with zero attached hydrogens (tertiary/aromatic N) is 2. The van der Waals surface area contributed by atoms with Crippen molar-refractivity contribution in [2.45, 2.75) is 18.9 Å². The van der Waals surface area contributed by atoms with Crippen molar-refractivity contribution < 1.29 is 14.7 Å². The molecule has 1 saturated carbocycles. The molecule has 1 unspecified atom stereocenters. The predicted octanol–water partition coefficient (Wildman–Crippen LogP) is 0.255. The Morgan fingerprint density at radius 3 is 2.83 bits per heavy atom. The van der Waals surface area contributed by atoms with Crippen molar-refractivity contribution in [1.29, 1.82) is 0 Å². The molecule has 0 aromatic carbocycles. The van der Waals surface area contributed by atoms with Crippen molar-refractivity contribution in [2.75, 3.05) is 6.54 Å². The maximum Gasteiger partial charge on any atom is 0.331 e. The molecule has 98 valence electrons. The first-order chi connectivity index (χ1) is 8.56. The number of hydrogen-bond donors (Lipinski definition) is 3. The van der Waals surface area contributed by atoms with E-state index in [9.17, 15) is 9.59 Å². The molecule has 0 radical (unpaired) electrons. The molecule has 0 aliphatic heterocycles. The molecule has 1 aliphatic rings. The Kier molecular flexibility index (Phi) is 3.50. The molecule has 0 bridgehead atoms. The Labute approximate surface area is 104 Å². The van der Waals surface area contributed by atoms with Crippen molar-refractivity contribution in [3.05, 3.63) is 18.0 Å². The number of carboxylic acids is 1. The summed E-state index contributed by atoms with van der Waals surface area (Å²) in [6.45, 7) is 0.602. The molecule has 1 aromatic rings. The normalized spacial score (nSPS) is 16.1. The van der Waals surface area contributed by atoms with Gasteiger partial charge in [-0.25, -0.2) is 9.59 Å². The minimum absolute atomic E-state index is 0.451. The second-order valence-electron chi connectivity index (χ2n) is 4.52. The number of nitrogens with one attached hydrogen (secondary N) is 2. The lowest BCUT2D eigenvalue weighted by Gasteiger charge is -2.13. The average molecular weight is 252 g/mol. The van der Waals surface area contributed by atoms with Gasteiger partial charge in [0.05, 0.1) is 6.20 Å². The van der Waals surface area contributed by atoms with Crippen LogP contribution in [0.5, 0.6) is 0 Å². The van der Waals surface area contributed by atoms with Gasteiger partial charge < -0.3 is 15.7 Å². The number of carboxylic acid groups (broad SMARTS) is 1. The van der Waals surface area contributed by atoms with Crippen LogP contribution in [-0.2, 0) is 11.8 Å². The van der Waals surface area contributed by atoms with Crippen molar-refractivity contribution in [2.24, 2.45) is 13.0 Å². The van der Waals surface area contributed by atoms with Gasteiger partial charge in [0.1, 0.15) is 0 Å². The largest absolute Gasteiger partial charge is 0.479 e. The van der Waals surface area contributed by atoms with Crippen LogP contribution in [0.4, 0.5) is 4.79 Å². The maximum absolute atomic E-state index is 11.6. The highest BCUT2D eigenvalue weighted by Gasteiger charge is 2.25. The number of hydrogen-bond acceptors (Lipinski definition) is 3. The monoisotopic (exact) mass is 252 g/mol. The van der Waals surface area contributed by atoms with Crippen molar-refractivity contribution in [1.82, 2.24) is 20.4 Å². The van der Waals surface area contributed by atoms with Crippen LogP contribution >= 0.6 is 0 Å². The molecule has 1 heterocycles. The molecule has 0 spiro atoms. The smallest absolute Gasteiger partial charge is 0.331 e. The van der Waals surface area contributed by atoms with Crippen LogP contribution in [0.1, 0.15) is 24.4 Å². The summed E-state index contributed by atoms with van der Waals surface area (Å²) in [5.74, 6) is -0.554. The van der Waals surface area contributed by atoms with E-state index in [4.69, 9.17) is 5.11 Å². The molecular formula is C11H16N4O3. The molecule has 3 N–H and O–H groups in total. The molecule has 0 saturated heterocycles. The zero-order valence-electron chi connectivity index (χ0n) is 10.1. The molecule has 7 heteroatoms. The van der Waals surface area contributed by atoms with E-state index in [2.05, 4.69) is 15.7 Å². The topological polar surface area (TPSA) is 96.2 Å². The predicted molar refractivity (Wildman–Crippen MR) is 62.8 cm³/mol. The van der Waals surface area contributed by atoms with Crippen LogP contribution in [0.15, 0.2) is 12.4 Å². The van der Waals surface area contributed by atoms with E-state index in [0.717, 1.165) is 12.8 Å². The summed E-state index contributed by atoms with van der Waals surface area (Å²) in [6.07, 6.45) is 5.26. The summed E-state index contributed by atoms with van der Waals surface area (Å²) in [7, 11) is 1.69. The number of urea groups is 1. The van der Waals surface area contributed by atoms with Crippen LogP contribution in [0.25, 0.3) is 0 Å². The second kappa shape index (κ2) is 5.07. The second-order valence-corrected chi connectivity index (χ2v) is 4.52. The number of carbonyl (C=O) groups excluding carboxylic acids is 1. The lowest BCUT2D eigenvalue weighted by atomic mass is 10.1. The zero-order chi connectivity index (χ0) is 13.1. The van der Waals surface area contributed by atoms with E-state index in [-0.39, 0.29) is 0 Å². The highest BCUT2D eigenvalue weighted by molar-refractivity contribution is 5.83. The minimum atomic E-state index is -1.11. The maximum atomic E-state index is 11.6. The number of aliphatic carboxylic acids is 1. The molecule has 2 amide bonds. The SMILES string of the molecule is Cn1cc(C(NC(=O)NCC2CC2)C(=O)O)cn1. The first-order valence-corrected chi connectivity index (χ1v) is 5.82. The highest BCUT2D eigenvalue weighted by Crippen LogP contribution is 2.27. The van der Waals surface area contributed by atoms with Gasteiger partial charge in [-0.3, -0.25) is 4.68 Å². The standard InChI is InChI=1S/C11H16N4O3/c1-15-6-8(5-13-15)9(10(16)17)14-11(18)12-4-7-2-3-7/h5-7,9H,2-4H2,1H3,(H,16,17)(H2,12,14,18). The summed E-state index contributed by atoms with van der Waals surface area (Å²) in [4.78, 5) is 22.7. The van der Waals surface area contributed by atoms with E-state index >= 15 is 0 Å². The van der Waals surface area contributed by atoms with Crippen molar-refractivity contribution >= 4 is 12.0 Å². The molecule has 1 aromatic heterocycles. The van der Waals surface area contributed by atoms with Gasteiger partial charge in [0.15, 0.2) is 6.04 Å². The summed E-state index contributed by atoms with van der Waals surface area (Å²) in [5.41, 5.74) is 0.451. The Balaban J connectivity index is 1.92. The van der Waals surface area contributed by atoms with Gasteiger partial charge in [-0.2, -0.15) is 5.10 Å². The Hall–Kier alpha value is -2.05. The molecule has 18 heavy (non-hydrogen) atoms. The first-order valence-electron chi connectivity index (χ1n) is 5.82. The number of amides is 2. The minimum Gasteiger partial charge on any atom is -0.479 e. The van der Waals surface area contributed by atoms with Crippen LogP contribution in [0.2, 0.25) is 0 Å². The summed E-state index contributed by atoms with van der Waals surface area (Å²) < 4.78 is 1.50. The van der Waals surface area contributed by atoms with Crippen LogP contribution in [0.3, 0.4) is 0 Å². The van der Waals surface area contributed by atoms with Gasteiger partial charge in [0.2, 0.25) is 0 Å². The molecular weight excluding hydrogens is 236 g/mol. The van der Waals surface area contributed by atoms with E-state index < -0.39 is 18.0 Å². The third-order valence-electron chi connectivity index (χ3n) is 2.83. The number of rotatable bonds is 5. The number of aryl methyl sites for hydroxylation is 1. The van der Waals surface area contributed by atoms with Crippen LogP contribution in [0, 0.1) is 5.92 Å². The third-order valence-corrected chi connectivity index (χ3v) is 2.83.